The molecule has 0 saturated carbocycles. The van der Waals surface area contributed by atoms with E-state index in [4.69, 9.17) is 14.2 Å². The van der Waals surface area contributed by atoms with Gasteiger partial charge in [0.2, 0.25) is 0 Å². The molecule has 26 heavy (non-hydrogen) atoms. The van der Waals surface area contributed by atoms with Crippen LogP contribution in [0.4, 0.5) is 0 Å². The Morgan fingerprint density at radius 1 is 1.08 bits per heavy atom. The number of ether oxygens (including phenoxy) is 3. The molecule has 1 amide bonds. The van der Waals surface area contributed by atoms with Crippen LogP contribution in [0.1, 0.15) is 29.8 Å². The number of halogens is 1. The SMILES string of the molecule is CCOc1ccc(CN(C)C(=O)c2cc(Br)c(OCC)c(OC)c2)cc1. The maximum atomic E-state index is 12.8. The summed E-state index contributed by atoms with van der Waals surface area (Å²) < 4.78 is 17.1. The predicted octanol–water partition coefficient (Wildman–Crippen LogP) is 4.53. The number of carbonyl (C=O) groups excluding carboxylic acids is 1. The molecule has 0 fully saturated rings. The van der Waals surface area contributed by atoms with Crippen LogP contribution in [0.2, 0.25) is 0 Å². The highest BCUT2D eigenvalue weighted by atomic mass is 79.9. The smallest absolute Gasteiger partial charge is 0.254 e. The summed E-state index contributed by atoms with van der Waals surface area (Å²) in [5.74, 6) is 1.85. The van der Waals surface area contributed by atoms with Crippen LogP contribution in [0.3, 0.4) is 0 Å². The van der Waals surface area contributed by atoms with Crippen LogP contribution < -0.4 is 14.2 Å². The summed E-state index contributed by atoms with van der Waals surface area (Å²) in [4.78, 5) is 14.5. The number of hydrogen-bond acceptors (Lipinski definition) is 4. The highest BCUT2D eigenvalue weighted by molar-refractivity contribution is 9.10. The van der Waals surface area contributed by atoms with Crippen LogP contribution in [0.5, 0.6) is 17.2 Å². The fourth-order valence-corrected chi connectivity index (χ4v) is 3.11. The number of benzene rings is 2. The standard InChI is InChI=1S/C20H24BrNO4/c1-5-25-16-9-7-14(8-10-16)13-22(3)20(23)15-11-17(21)19(26-6-2)18(12-15)24-4/h7-12H,5-6,13H2,1-4H3. The van der Waals surface area contributed by atoms with Crippen LogP contribution in [0, 0.1) is 0 Å². The fourth-order valence-electron chi connectivity index (χ4n) is 2.55. The third-order valence-electron chi connectivity index (χ3n) is 3.77. The molecule has 0 bridgehead atoms. The second-order valence-electron chi connectivity index (χ2n) is 5.66. The second kappa shape index (κ2) is 9.48. The van der Waals surface area contributed by atoms with Gasteiger partial charge in [0.05, 0.1) is 24.8 Å². The number of methoxy groups -OCH3 is 1. The molecule has 0 unspecified atom stereocenters. The molecule has 0 aromatic heterocycles. The van der Waals surface area contributed by atoms with Crippen molar-refractivity contribution in [3.05, 3.63) is 52.0 Å². The molecular weight excluding hydrogens is 398 g/mol. The van der Waals surface area contributed by atoms with Crippen molar-refractivity contribution in [1.82, 2.24) is 4.90 Å². The Hall–Kier alpha value is -2.21. The van der Waals surface area contributed by atoms with Gasteiger partial charge in [0, 0.05) is 19.2 Å². The minimum atomic E-state index is -0.0964. The van der Waals surface area contributed by atoms with E-state index in [0.29, 0.717) is 41.3 Å². The number of rotatable bonds is 8. The molecule has 5 nitrogen and oxygen atoms in total. The molecule has 2 rings (SSSR count). The average molecular weight is 422 g/mol. The van der Waals surface area contributed by atoms with Crippen molar-refractivity contribution in [1.29, 1.82) is 0 Å². The van der Waals surface area contributed by atoms with E-state index in [1.807, 2.05) is 38.1 Å². The summed E-state index contributed by atoms with van der Waals surface area (Å²) >= 11 is 3.46. The van der Waals surface area contributed by atoms with E-state index in [0.717, 1.165) is 11.3 Å². The second-order valence-corrected chi connectivity index (χ2v) is 6.51. The van der Waals surface area contributed by atoms with E-state index in [1.54, 1.807) is 31.2 Å². The van der Waals surface area contributed by atoms with Gasteiger partial charge in [-0.2, -0.15) is 0 Å². The van der Waals surface area contributed by atoms with Gasteiger partial charge in [-0.25, -0.2) is 0 Å². The van der Waals surface area contributed by atoms with Crippen molar-refractivity contribution >= 4 is 21.8 Å². The zero-order valence-electron chi connectivity index (χ0n) is 15.5. The summed E-state index contributed by atoms with van der Waals surface area (Å²) in [6, 6.07) is 11.2. The van der Waals surface area contributed by atoms with Crippen LogP contribution in [0.15, 0.2) is 40.9 Å². The first-order valence-electron chi connectivity index (χ1n) is 8.47. The molecule has 0 aliphatic carbocycles. The normalized spacial score (nSPS) is 10.3. The molecule has 0 radical (unpaired) electrons. The van der Waals surface area contributed by atoms with Gasteiger partial charge >= 0.3 is 0 Å². The number of hydrogen-bond donors (Lipinski definition) is 0. The van der Waals surface area contributed by atoms with Gasteiger partial charge in [-0.1, -0.05) is 12.1 Å². The first-order valence-corrected chi connectivity index (χ1v) is 9.26. The Kier molecular flexibility index (Phi) is 7.33. The van der Waals surface area contributed by atoms with E-state index in [-0.39, 0.29) is 5.91 Å². The molecule has 0 spiro atoms. The number of amides is 1. The van der Waals surface area contributed by atoms with E-state index < -0.39 is 0 Å². The average Bonchev–Trinajstić information content (AvgIpc) is 2.64. The molecule has 0 atom stereocenters. The minimum Gasteiger partial charge on any atom is -0.494 e. The van der Waals surface area contributed by atoms with Crippen LogP contribution in [0.25, 0.3) is 0 Å². The molecule has 0 saturated heterocycles. The zero-order chi connectivity index (χ0) is 19.1. The summed E-state index contributed by atoms with van der Waals surface area (Å²) in [6.07, 6.45) is 0. The van der Waals surface area contributed by atoms with Crippen LogP contribution in [-0.2, 0) is 6.54 Å². The lowest BCUT2D eigenvalue weighted by molar-refractivity contribution is 0.0784. The Bertz CT molecular complexity index is 746. The fraction of sp³-hybridized carbons (Fsp3) is 0.350. The van der Waals surface area contributed by atoms with Crippen molar-refractivity contribution in [3.8, 4) is 17.2 Å². The molecule has 0 aliphatic heterocycles. The summed E-state index contributed by atoms with van der Waals surface area (Å²) in [7, 11) is 3.33. The van der Waals surface area contributed by atoms with Crippen molar-refractivity contribution in [3.63, 3.8) is 0 Å². The third-order valence-corrected chi connectivity index (χ3v) is 4.35. The Labute approximate surface area is 163 Å². The van der Waals surface area contributed by atoms with Crippen molar-refractivity contribution < 1.29 is 19.0 Å². The number of carbonyl (C=O) groups is 1. The molecule has 140 valence electrons. The first-order chi connectivity index (χ1) is 12.5. The molecule has 2 aromatic rings. The molecule has 0 aliphatic rings. The van der Waals surface area contributed by atoms with Crippen molar-refractivity contribution in [2.75, 3.05) is 27.4 Å². The summed E-state index contributed by atoms with van der Waals surface area (Å²) in [5, 5.41) is 0. The Morgan fingerprint density at radius 2 is 1.73 bits per heavy atom. The topological polar surface area (TPSA) is 48.0 Å². The van der Waals surface area contributed by atoms with Gasteiger partial charge in [-0.05, 0) is 59.6 Å². The minimum absolute atomic E-state index is 0.0964. The van der Waals surface area contributed by atoms with Crippen LogP contribution >= 0.6 is 15.9 Å². The summed E-state index contributed by atoms with van der Waals surface area (Å²) in [5.41, 5.74) is 1.56. The van der Waals surface area contributed by atoms with Crippen LogP contribution in [-0.4, -0.2) is 38.2 Å². The van der Waals surface area contributed by atoms with Gasteiger partial charge in [-0.3, -0.25) is 4.79 Å². The third kappa shape index (κ3) is 4.91. The van der Waals surface area contributed by atoms with E-state index in [1.165, 1.54) is 0 Å². The van der Waals surface area contributed by atoms with Crippen molar-refractivity contribution in [2.24, 2.45) is 0 Å². The molecule has 6 heteroatoms. The predicted molar refractivity (Wildman–Crippen MR) is 105 cm³/mol. The zero-order valence-corrected chi connectivity index (χ0v) is 17.1. The monoisotopic (exact) mass is 421 g/mol. The maximum absolute atomic E-state index is 12.8. The van der Waals surface area contributed by atoms with Gasteiger partial charge < -0.3 is 19.1 Å². The highest BCUT2D eigenvalue weighted by Crippen LogP contribution is 2.37. The molecular formula is C20H24BrNO4. The maximum Gasteiger partial charge on any atom is 0.254 e. The first kappa shape index (κ1) is 20.1. The van der Waals surface area contributed by atoms with E-state index >= 15 is 0 Å². The lowest BCUT2D eigenvalue weighted by Crippen LogP contribution is -2.26. The van der Waals surface area contributed by atoms with Crippen molar-refractivity contribution in [2.45, 2.75) is 20.4 Å². The largest absolute Gasteiger partial charge is 0.494 e. The van der Waals surface area contributed by atoms with Gasteiger partial charge in [0.1, 0.15) is 5.75 Å². The molecule has 0 N–H and O–H groups in total. The van der Waals surface area contributed by atoms with E-state index in [9.17, 15) is 4.79 Å². The lowest BCUT2D eigenvalue weighted by Gasteiger charge is -2.19. The van der Waals surface area contributed by atoms with Gasteiger partial charge in [0.25, 0.3) is 5.91 Å². The Balaban J connectivity index is 2.15. The molecule has 2 aromatic carbocycles. The summed E-state index contributed by atoms with van der Waals surface area (Å²) in [6.45, 7) is 5.49. The molecule has 0 heterocycles. The number of nitrogens with zero attached hydrogens (tertiary/aromatic N) is 1. The Morgan fingerprint density at radius 3 is 2.31 bits per heavy atom. The quantitative estimate of drug-likeness (QED) is 0.628. The van der Waals surface area contributed by atoms with Gasteiger partial charge in [0.15, 0.2) is 11.5 Å². The highest BCUT2D eigenvalue weighted by Gasteiger charge is 2.18. The lowest BCUT2D eigenvalue weighted by atomic mass is 10.1. The van der Waals surface area contributed by atoms with E-state index in [2.05, 4.69) is 15.9 Å². The van der Waals surface area contributed by atoms with Gasteiger partial charge in [-0.15, -0.1) is 0 Å².